The Kier molecular flexibility index (Phi) is 9.94. The summed E-state index contributed by atoms with van der Waals surface area (Å²) in [6, 6.07) is 17.7. The number of allylic oxidation sites excluding steroid dienone is 1. The molecule has 0 spiro atoms. The average Bonchev–Trinajstić information content (AvgIpc) is 3.16. The SMILES string of the molecule is C=CC(=O)c1cc(C)ccc1-c1cc(OC)c(OC)c(OC)c1.COc1c(C)c(C)cc2c1CCC(=O)c1cc(C)ccc1-2. The van der Waals surface area contributed by atoms with Gasteiger partial charge in [0.25, 0.3) is 0 Å². The summed E-state index contributed by atoms with van der Waals surface area (Å²) in [4.78, 5) is 24.6. The average molecular weight is 593 g/mol. The fourth-order valence-corrected chi connectivity index (χ4v) is 5.66. The van der Waals surface area contributed by atoms with Crippen LogP contribution in [0.25, 0.3) is 22.3 Å². The lowest BCUT2D eigenvalue weighted by Crippen LogP contribution is -2.00. The third-order valence-corrected chi connectivity index (χ3v) is 8.07. The topological polar surface area (TPSA) is 71.1 Å². The molecule has 0 saturated carbocycles. The second-order valence-electron chi connectivity index (χ2n) is 10.9. The fourth-order valence-electron chi connectivity index (χ4n) is 5.66. The minimum absolute atomic E-state index is 0.127. The first-order chi connectivity index (χ1) is 21.1. The van der Waals surface area contributed by atoms with E-state index in [1.807, 2.05) is 50.2 Å². The van der Waals surface area contributed by atoms with Crippen LogP contribution in [0.5, 0.6) is 23.0 Å². The van der Waals surface area contributed by atoms with Crippen molar-refractivity contribution in [3.63, 3.8) is 0 Å². The Bertz CT molecular complexity index is 1720. The highest BCUT2D eigenvalue weighted by atomic mass is 16.5. The largest absolute Gasteiger partial charge is 0.496 e. The Morgan fingerprint density at radius 3 is 1.84 bits per heavy atom. The highest BCUT2D eigenvalue weighted by Gasteiger charge is 2.24. The van der Waals surface area contributed by atoms with Gasteiger partial charge in [0.15, 0.2) is 23.1 Å². The van der Waals surface area contributed by atoms with E-state index >= 15 is 0 Å². The molecule has 0 saturated heterocycles. The van der Waals surface area contributed by atoms with Gasteiger partial charge in [0.2, 0.25) is 5.75 Å². The van der Waals surface area contributed by atoms with E-state index in [0.717, 1.165) is 56.7 Å². The zero-order chi connectivity index (χ0) is 32.1. The number of ether oxygens (including phenoxy) is 4. The molecular formula is C38H40O6. The Morgan fingerprint density at radius 1 is 0.682 bits per heavy atom. The number of carbonyl (C=O) groups excluding carboxylic acids is 2. The Morgan fingerprint density at radius 2 is 1.27 bits per heavy atom. The number of benzene rings is 4. The molecule has 0 aliphatic heterocycles. The maximum Gasteiger partial charge on any atom is 0.203 e. The Hall–Kier alpha value is -4.84. The molecule has 6 nitrogen and oxygen atoms in total. The molecule has 0 N–H and O–H groups in total. The van der Waals surface area contributed by atoms with Gasteiger partial charge >= 0.3 is 0 Å². The van der Waals surface area contributed by atoms with E-state index in [-0.39, 0.29) is 11.6 Å². The lowest BCUT2D eigenvalue weighted by molar-refractivity contribution is 0.0983. The normalized spacial score (nSPS) is 11.7. The number of hydrogen-bond acceptors (Lipinski definition) is 6. The summed E-state index contributed by atoms with van der Waals surface area (Å²) >= 11 is 0. The van der Waals surface area contributed by atoms with Crippen LogP contribution in [0.4, 0.5) is 0 Å². The van der Waals surface area contributed by atoms with Crippen LogP contribution in [0, 0.1) is 27.7 Å². The maximum atomic E-state index is 12.5. The summed E-state index contributed by atoms with van der Waals surface area (Å²) in [5.41, 5.74) is 10.9. The molecule has 0 aromatic heterocycles. The minimum atomic E-state index is -0.127. The quantitative estimate of drug-likeness (QED) is 0.158. The van der Waals surface area contributed by atoms with Crippen LogP contribution in [-0.4, -0.2) is 40.0 Å². The third kappa shape index (κ3) is 6.25. The highest BCUT2D eigenvalue weighted by molar-refractivity contribution is 6.09. The summed E-state index contributed by atoms with van der Waals surface area (Å²) in [5, 5.41) is 0. The van der Waals surface area contributed by atoms with Gasteiger partial charge in [-0.05, 0) is 97.8 Å². The van der Waals surface area contributed by atoms with Gasteiger partial charge in [-0.25, -0.2) is 0 Å². The van der Waals surface area contributed by atoms with Gasteiger partial charge < -0.3 is 18.9 Å². The molecule has 5 rings (SSSR count). The molecule has 4 aromatic carbocycles. The number of fused-ring (bicyclic) bond motifs is 3. The second-order valence-corrected chi connectivity index (χ2v) is 10.9. The van der Waals surface area contributed by atoms with Crippen molar-refractivity contribution in [3.05, 3.63) is 106 Å². The smallest absolute Gasteiger partial charge is 0.203 e. The van der Waals surface area contributed by atoms with Gasteiger partial charge in [0.05, 0.1) is 28.4 Å². The van der Waals surface area contributed by atoms with Crippen molar-refractivity contribution in [2.24, 2.45) is 0 Å². The summed E-state index contributed by atoms with van der Waals surface area (Å²) in [7, 11) is 6.39. The number of carbonyl (C=O) groups is 2. The predicted molar refractivity (Wildman–Crippen MR) is 176 cm³/mol. The van der Waals surface area contributed by atoms with E-state index in [9.17, 15) is 9.59 Å². The number of aryl methyl sites for hydroxylation is 3. The second kappa shape index (κ2) is 13.6. The number of ketones is 2. The molecule has 0 amide bonds. The van der Waals surface area contributed by atoms with E-state index in [0.29, 0.717) is 29.2 Å². The fraction of sp³-hybridized carbons (Fsp3) is 0.263. The molecule has 1 aliphatic carbocycles. The lowest BCUT2D eigenvalue weighted by Gasteiger charge is -2.17. The van der Waals surface area contributed by atoms with Crippen molar-refractivity contribution in [2.45, 2.75) is 40.5 Å². The summed E-state index contributed by atoms with van der Waals surface area (Å²) in [5.74, 6) is 2.63. The van der Waals surface area contributed by atoms with Crippen molar-refractivity contribution in [2.75, 3.05) is 28.4 Å². The van der Waals surface area contributed by atoms with Gasteiger partial charge in [-0.15, -0.1) is 0 Å². The van der Waals surface area contributed by atoms with Crippen LogP contribution >= 0.6 is 0 Å². The van der Waals surface area contributed by atoms with Gasteiger partial charge in [0, 0.05) is 23.1 Å². The van der Waals surface area contributed by atoms with E-state index in [1.165, 1.54) is 17.2 Å². The first kappa shape index (κ1) is 32.1. The molecule has 4 aromatic rings. The summed E-state index contributed by atoms with van der Waals surface area (Å²) < 4.78 is 21.7. The van der Waals surface area contributed by atoms with Crippen LogP contribution in [0.3, 0.4) is 0 Å². The van der Waals surface area contributed by atoms with Crippen LogP contribution in [0.15, 0.2) is 67.3 Å². The van der Waals surface area contributed by atoms with Crippen LogP contribution in [0.1, 0.15) is 55.0 Å². The molecule has 0 radical (unpaired) electrons. The lowest BCUT2D eigenvalue weighted by atomic mass is 9.91. The molecular weight excluding hydrogens is 552 g/mol. The summed E-state index contributed by atoms with van der Waals surface area (Å²) in [6.45, 7) is 11.7. The van der Waals surface area contributed by atoms with Gasteiger partial charge in [-0.3, -0.25) is 9.59 Å². The highest BCUT2D eigenvalue weighted by Crippen LogP contribution is 2.42. The van der Waals surface area contributed by atoms with Crippen molar-refractivity contribution in [3.8, 4) is 45.3 Å². The summed E-state index contributed by atoms with van der Waals surface area (Å²) in [6.07, 6.45) is 2.60. The van der Waals surface area contributed by atoms with Crippen molar-refractivity contribution in [1.29, 1.82) is 0 Å². The maximum absolute atomic E-state index is 12.5. The monoisotopic (exact) mass is 592 g/mol. The van der Waals surface area contributed by atoms with Gasteiger partial charge in [0.1, 0.15) is 5.75 Å². The first-order valence-corrected chi connectivity index (χ1v) is 14.5. The first-order valence-electron chi connectivity index (χ1n) is 14.5. The number of Topliss-reactive ketones (excluding diaryl/α,β-unsaturated/α-hetero) is 1. The predicted octanol–water partition coefficient (Wildman–Crippen LogP) is 8.47. The van der Waals surface area contributed by atoms with Crippen molar-refractivity contribution in [1.82, 2.24) is 0 Å². The molecule has 0 unspecified atom stereocenters. The van der Waals surface area contributed by atoms with Crippen molar-refractivity contribution < 1.29 is 28.5 Å². The molecule has 0 heterocycles. The number of hydrogen-bond donors (Lipinski definition) is 0. The number of rotatable bonds is 7. The zero-order valence-electron chi connectivity index (χ0n) is 26.8. The molecule has 1 aliphatic rings. The Labute approximate surface area is 260 Å². The third-order valence-electron chi connectivity index (χ3n) is 8.07. The van der Waals surface area contributed by atoms with Crippen LogP contribution < -0.4 is 18.9 Å². The van der Waals surface area contributed by atoms with E-state index in [2.05, 4.69) is 38.6 Å². The van der Waals surface area contributed by atoms with Gasteiger partial charge in [-0.1, -0.05) is 48.0 Å². The van der Waals surface area contributed by atoms with Crippen LogP contribution in [-0.2, 0) is 6.42 Å². The molecule has 44 heavy (non-hydrogen) atoms. The van der Waals surface area contributed by atoms with Gasteiger partial charge in [-0.2, -0.15) is 0 Å². The Balaban J connectivity index is 0.000000201. The zero-order valence-corrected chi connectivity index (χ0v) is 26.8. The van der Waals surface area contributed by atoms with E-state index < -0.39 is 0 Å². The molecule has 0 atom stereocenters. The number of methoxy groups -OCH3 is 4. The van der Waals surface area contributed by atoms with Crippen LogP contribution in [0.2, 0.25) is 0 Å². The van der Waals surface area contributed by atoms with E-state index in [4.69, 9.17) is 18.9 Å². The molecule has 0 fully saturated rings. The molecule has 228 valence electrons. The molecule has 6 heteroatoms. The standard InChI is InChI=1S/C19H20O4.C19H20O2/c1-6-16(20)15-9-12(2)7-8-14(15)13-10-17(21-3)19(23-5)18(11-13)22-4;1-11-5-6-14-16-10-12(2)13(3)19(21-4)15(16)7-8-18(20)17(14)9-11/h6-11H,1H2,2-5H3;5-6,9-10H,7-8H2,1-4H3. The van der Waals surface area contributed by atoms with Crippen molar-refractivity contribution >= 4 is 11.6 Å². The minimum Gasteiger partial charge on any atom is -0.496 e. The van der Waals surface area contributed by atoms with E-state index in [1.54, 1.807) is 28.4 Å². The molecule has 0 bridgehead atoms.